The summed E-state index contributed by atoms with van der Waals surface area (Å²) < 4.78 is 5.94. The Morgan fingerprint density at radius 2 is 1.48 bits per heavy atom. The highest BCUT2D eigenvalue weighted by Gasteiger charge is 2.47. The quantitative estimate of drug-likeness (QED) is 0.815. The number of halogens is 1. The molecule has 2 heterocycles. The molecule has 144 valence electrons. The van der Waals surface area contributed by atoms with Gasteiger partial charge in [-0.1, -0.05) is 60.7 Å². The van der Waals surface area contributed by atoms with Crippen molar-refractivity contribution in [3.8, 4) is 0 Å². The Hall–Kier alpha value is -1.88. The van der Waals surface area contributed by atoms with Crippen molar-refractivity contribution in [1.29, 1.82) is 0 Å². The predicted octanol–water partition coefficient (Wildman–Crippen LogP) is 3.51. The molecule has 3 atom stereocenters. The van der Waals surface area contributed by atoms with Gasteiger partial charge in [0.15, 0.2) is 0 Å². The molecule has 0 amide bonds. The molecule has 0 aromatic heterocycles. The van der Waals surface area contributed by atoms with Gasteiger partial charge in [-0.05, 0) is 43.9 Å². The molecule has 2 bridgehead atoms. The minimum absolute atomic E-state index is 0. The smallest absolute Gasteiger partial charge is 0.348 e. The molecule has 4 nitrogen and oxygen atoms in total. The van der Waals surface area contributed by atoms with Crippen molar-refractivity contribution in [2.45, 2.75) is 49.5 Å². The number of rotatable bonds is 4. The van der Waals surface area contributed by atoms with Gasteiger partial charge >= 0.3 is 5.97 Å². The first-order valence-corrected chi connectivity index (χ1v) is 9.37. The molecule has 2 aromatic rings. The lowest BCUT2D eigenvalue weighted by Gasteiger charge is -2.38. The molecule has 27 heavy (non-hydrogen) atoms. The molecule has 2 saturated heterocycles. The monoisotopic (exact) mass is 387 g/mol. The molecule has 2 fully saturated rings. The standard InChI is InChI=1S/C22H25NO3.ClH/c1-23-18-12-14-19(23)20(15-13-18)26-21(24)22(25,16-8-4-2-5-9-16)17-10-6-3-7-11-17;/h2-11,18-20,25H,12-15H2,1H3;1H/t18?,19?,20-;/m1./s1. The van der Waals surface area contributed by atoms with E-state index < -0.39 is 11.6 Å². The van der Waals surface area contributed by atoms with Gasteiger partial charge in [-0.2, -0.15) is 0 Å². The molecule has 2 aromatic carbocycles. The maximum atomic E-state index is 13.2. The fourth-order valence-corrected chi connectivity index (χ4v) is 4.51. The van der Waals surface area contributed by atoms with Gasteiger partial charge in [-0.3, -0.25) is 4.90 Å². The number of aliphatic hydroxyl groups is 1. The van der Waals surface area contributed by atoms with Crippen molar-refractivity contribution < 1.29 is 14.6 Å². The van der Waals surface area contributed by atoms with E-state index in [2.05, 4.69) is 11.9 Å². The molecular weight excluding hydrogens is 362 g/mol. The lowest BCUT2D eigenvalue weighted by molar-refractivity contribution is -0.173. The van der Waals surface area contributed by atoms with Crippen LogP contribution in [-0.2, 0) is 15.1 Å². The Morgan fingerprint density at radius 1 is 0.963 bits per heavy atom. The van der Waals surface area contributed by atoms with E-state index in [0.717, 1.165) is 25.7 Å². The maximum Gasteiger partial charge on any atom is 0.348 e. The van der Waals surface area contributed by atoms with Crippen molar-refractivity contribution in [2.75, 3.05) is 7.05 Å². The second kappa shape index (κ2) is 8.01. The zero-order chi connectivity index (χ0) is 18.1. The van der Waals surface area contributed by atoms with E-state index >= 15 is 0 Å². The first-order chi connectivity index (χ1) is 12.6. The summed E-state index contributed by atoms with van der Waals surface area (Å²) in [6.45, 7) is 0. The number of ether oxygens (including phenoxy) is 1. The minimum atomic E-state index is -1.80. The number of piperidine rings is 1. The van der Waals surface area contributed by atoms with Crippen molar-refractivity contribution in [3.63, 3.8) is 0 Å². The molecule has 2 aliphatic heterocycles. The SMILES string of the molecule is CN1C2CCC1[C@H](OC(=O)C(O)(c1ccccc1)c1ccccc1)CC2.Cl. The number of hydrogen-bond donors (Lipinski definition) is 1. The number of likely N-dealkylation sites (N-methyl/N-ethyl adjacent to an activating group) is 1. The van der Waals surface area contributed by atoms with Gasteiger partial charge in [0.25, 0.3) is 0 Å². The van der Waals surface area contributed by atoms with E-state index in [0.29, 0.717) is 17.2 Å². The van der Waals surface area contributed by atoms with Crippen molar-refractivity contribution >= 4 is 18.4 Å². The second-order valence-corrected chi connectivity index (χ2v) is 7.43. The Kier molecular flexibility index (Phi) is 5.89. The summed E-state index contributed by atoms with van der Waals surface area (Å²) in [7, 11) is 2.11. The molecular formula is C22H26ClNO3. The largest absolute Gasteiger partial charge is 0.458 e. The van der Waals surface area contributed by atoms with Crippen LogP contribution in [-0.4, -0.2) is 41.2 Å². The van der Waals surface area contributed by atoms with E-state index in [-0.39, 0.29) is 24.6 Å². The van der Waals surface area contributed by atoms with Crippen LogP contribution in [0.5, 0.6) is 0 Å². The summed E-state index contributed by atoms with van der Waals surface area (Å²) >= 11 is 0. The third kappa shape index (κ3) is 3.49. The summed E-state index contributed by atoms with van der Waals surface area (Å²) in [6, 6.07) is 19.0. The van der Waals surface area contributed by atoms with Crippen LogP contribution in [0.4, 0.5) is 0 Å². The molecule has 4 rings (SSSR count). The first kappa shape index (κ1) is 19.9. The summed E-state index contributed by atoms with van der Waals surface area (Å²) in [5.41, 5.74) is -0.731. The van der Waals surface area contributed by atoms with E-state index in [1.807, 2.05) is 36.4 Å². The van der Waals surface area contributed by atoms with Gasteiger partial charge in [-0.15, -0.1) is 12.4 Å². The number of carbonyl (C=O) groups is 1. The van der Waals surface area contributed by atoms with Crippen molar-refractivity contribution in [2.24, 2.45) is 0 Å². The van der Waals surface area contributed by atoms with Crippen LogP contribution in [0, 0.1) is 0 Å². The van der Waals surface area contributed by atoms with Gasteiger partial charge in [-0.25, -0.2) is 4.79 Å². The lowest BCUT2D eigenvalue weighted by Crippen LogP contribution is -2.49. The van der Waals surface area contributed by atoms with Crippen LogP contribution in [0.2, 0.25) is 0 Å². The van der Waals surface area contributed by atoms with Crippen LogP contribution >= 0.6 is 12.4 Å². The van der Waals surface area contributed by atoms with E-state index in [9.17, 15) is 9.90 Å². The lowest BCUT2D eigenvalue weighted by atomic mass is 9.86. The predicted molar refractivity (Wildman–Crippen MR) is 107 cm³/mol. The minimum Gasteiger partial charge on any atom is -0.458 e. The number of carbonyl (C=O) groups excluding carboxylic acids is 1. The number of esters is 1. The zero-order valence-corrected chi connectivity index (χ0v) is 16.3. The molecule has 2 aliphatic rings. The number of benzene rings is 2. The number of hydrogen-bond acceptors (Lipinski definition) is 4. The summed E-state index contributed by atoms with van der Waals surface area (Å²) in [6.07, 6.45) is 3.96. The normalized spacial score (nSPS) is 24.9. The Labute approximate surface area is 166 Å². The van der Waals surface area contributed by atoms with E-state index in [1.165, 1.54) is 0 Å². The zero-order valence-electron chi connectivity index (χ0n) is 15.5. The van der Waals surface area contributed by atoms with Gasteiger partial charge in [0.05, 0.1) is 0 Å². The van der Waals surface area contributed by atoms with Crippen LogP contribution in [0.15, 0.2) is 60.7 Å². The van der Waals surface area contributed by atoms with E-state index in [4.69, 9.17) is 4.74 Å². The Bertz CT molecular complexity index is 728. The molecule has 1 N–H and O–H groups in total. The highest BCUT2D eigenvalue weighted by atomic mass is 35.5. The molecule has 0 spiro atoms. The molecule has 0 saturated carbocycles. The van der Waals surface area contributed by atoms with Crippen molar-refractivity contribution in [3.05, 3.63) is 71.8 Å². The Morgan fingerprint density at radius 3 is 2.04 bits per heavy atom. The van der Waals surface area contributed by atoms with Crippen LogP contribution in [0.3, 0.4) is 0 Å². The van der Waals surface area contributed by atoms with Gasteiger partial charge in [0, 0.05) is 12.1 Å². The number of fused-ring (bicyclic) bond motifs is 2. The van der Waals surface area contributed by atoms with Crippen LogP contribution < -0.4 is 0 Å². The van der Waals surface area contributed by atoms with Gasteiger partial charge < -0.3 is 9.84 Å². The summed E-state index contributed by atoms with van der Waals surface area (Å²) in [5.74, 6) is -0.585. The van der Waals surface area contributed by atoms with Crippen LogP contribution in [0.25, 0.3) is 0 Å². The summed E-state index contributed by atoms with van der Waals surface area (Å²) in [4.78, 5) is 15.6. The van der Waals surface area contributed by atoms with Crippen molar-refractivity contribution in [1.82, 2.24) is 4.90 Å². The first-order valence-electron chi connectivity index (χ1n) is 9.37. The van der Waals surface area contributed by atoms with Crippen LogP contribution in [0.1, 0.15) is 36.8 Å². The average molecular weight is 388 g/mol. The second-order valence-electron chi connectivity index (χ2n) is 7.43. The molecule has 0 aliphatic carbocycles. The number of nitrogens with zero attached hydrogens (tertiary/aromatic N) is 1. The fourth-order valence-electron chi connectivity index (χ4n) is 4.51. The third-order valence-electron chi connectivity index (χ3n) is 6.05. The van der Waals surface area contributed by atoms with Gasteiger partial charge in [0.2, 0.25) is 5.60 Å². The van der Waals surface area contributed by atoms with Gasteiger partial charge in [0.1, 0.15) is 6.10 Å². The summed E-state index contributed by atoms with van der Waals surface area (Å²) in [5, 5.41) is 11.5. The highest BCUT2D eigenvalue weighted by molar-refractivity contribution is 5.86. The average Bonchev–Trinajstić information content (AvgIpc) is 2.92. The molecule has 5 heteroatoms. The topological polar surface area (TPSA) is 49.8 Å². The fraction of sp³-hybridized carbons (Fsp3) is 0.409. The Balaban J connectivity index is 0.00000210. The molecule has 0 radical (unpaired) electrons. The molecule has 2 unspecified atom stereocenters. The maximum absolute atomic E-state index is 13.2. The third-order valence-corrected chi connectivity index (χ3v) is 6.05. The highest BCUT2D eigenvalue weighted by Crippen LogP contribution is 2.38. The van der Waals surface area contributed by atoms with E-state index in [1.54, 1.807) is 24.3 Å².